The Morgan fingerprint density at radius 3 is 2.56 bits per heavy atom. The van der Waals surface area contributed by atoms with Gasteiger partial charge in [0.05, 0.1) is 6.54 Å². The number of aromatic nitrogens is 2. The highest BCUT2D eigenvalue weighted by atomic mass is 32.2. The summed E-state index contributed by atoms with van der Waals surface area (Å²) in [5.74, 6) is -1.79. The van der Waals surface area contributed by atoms with Crippen LogP contribution in [0.4, 0.5) is 21.7 Å². The van der Waals surface area contributed by atoms with Gasteiger partial charge in [0.25, 0.3) is 0 Å². The Labute approximate surface area is 159 Å². The van der Waals surface area contributed by atoms with Gasteiger partial charge < -0.3 is 5.73 Å². The van der Waals surface area contributed by atoms with E-state index in [-0.39, 0.29) is 29.7 Å². The summed E-state index contributed by atoms with van der Waals surface area (Å²) in [6.45, 7) is 0.0668. The van der Waals surface area contributed by atoms with Crippen LogP contribution >= 0.6 is 11.8 Å². The lowest BCUT2D eigenvalue weighted by Crippen LogP contribution is -2.44. The first kappa shape index (κ1) is 17.7. The molecule has 1 radical (unpaired) electrons. The molecule has 2 aromatic rings. The molecular weight excluding hydrogens is 369 g/mol. The molecule has 0 unspecified atom stereocenters. The van der Waals surface area contributed by atoms with Crippen molar-refractivity contribution in [1.29, 1.82) is 0 Å². The molecule has 1 aliphatic carbocycles. The Bertz CT molecular complexity index is 899. The predicted molar refractivity (Wildman–Crippen MR) is 98.9 cm³/mol. The normalized spacial score (nSPS) is 17.1. The smallest absolute Gasteiger partial charge is 0.336 e. The fourth-order valence-corrected chi connectivity index (χ4v) is 4.38. The highest BCUT2D eigenvalue weighted by molar-refractivity contribution is 7.99. The number of rotatable bonds is 4. The van der Waals surface area contributed by atoms with Crippen molar-refractivity contribution in [3.8, 4) is 0 Å². The summed E-state index contributed by atoms with van der Waals surface area (Å²) in [5.41, 5.74) is 6.77. The summed E-state index contributed by atoms with van der Waals surface area (Å²) in [4.78, 5) is 34.4. The van der Waals surface area contributed by atoms with Crippen molar-refractivity contribution in [3.05, 3.63) is 35.6 Å². The van der Waals surface area contributed by atoms with E-state index >= 15 is 0 Å². The average Bonchev–Trinajstić information content (AvgIpc) is 3.15. The molecule has 2 heterocycles. The molecule has 0 spiro atoms. The van der Waals surface area contributed by atoms with Crippen LogP contribution in [0.2, 0.25) is 0 Å². The van der Waals surface area contributed by atoms with Crippen LogP contribution in [0.25, 0.3) is 0 Å². The summed E-state index contributed by atoms with van der Waals surface area (Å²) in [5, 5.41) is 4.65. The maximum Gasteiger partial charge on any atom is 0.336 e. The monoisotopic (exact) mass is 386 g/mol. The first-order valence-electron chi connectivity index (χ1n) is 8.67. The van der Waals surface area contributed by atoms with E-state index in [9.17, 15) is 14.0 Å². The van der Waals surface area contributed by atoms with E-state index in [1.165, 1.54) is 41.6 Å². The van der Waals surface area contributed by atoms with Crippen LogP contribution in [0, 0.1) is 5.82 Å². The van der Waals surface area contributed by atoms with Gasteiger partial charge in [-0.3, -0.25) is 14.5 Å². The van der Waals surface area contributed by atoms with Crippen LogP contribution in [0.15, 0.2) is 29.4 Å². The number of nitrogens with zero attached hydrogens (tertiary/aromatic N) is 4. The van der Waals surface area contributed by atoms with E-state index in [1.54, 1.807) is 12.1 Å². The molecule has 27 heavy (non-hydrogen) atoms. The van der Waals surface area contributed by atoms with E-state index in [2.05, 4.69) is 15.3 Å². The minimum Gasteiger partial charge on any atom is -0.382 e. The number of halogens is 1. The predicted octanol–water partition coefficient (Wildman–Crippen LogP) is 2.54. The van der Waals surface area contributed by atoms with Crippen LogP contribution in [0.5, 0.6) is 0 Å². The van der Waals surface area contributed by atoms with Gasteiger partial charge >= 0.3 is 11.8 Å². The SMILES string of the molecule is Nc1nc(SC2CCCC2)nc2c1[N]C(=O)C(=O)N2Cc1ccc(F)cc1. The summed E-state index contributed by atoms with van der Waals surface area (Å²) < 4.78 is 13.2. The molecule has 2 amide bonds. The number of hydrogen-bond donors (Lipinski definition) is 1. The lowest BCUT2D eigenvalue weighted by molar-refractivity contribution is -0.137. The van der Waals surface area contributed by atoms with E-state index in [0.717, 1.165) is 12.8 Å². The molecule has 1 aromatic heterocycles. The lowest BCUT2D eigenvalue weighted by atomic mass is 10.2. The number of benzene rings is 1. The Morgan fingerprint density at radius 1 is 1.15 bits per heavy atom. The second-order valence-electron chi connectivity index (χ2n) is 6.52. The third-order valence-electron chi connectivity index (χ3n) is 4.60. The lowest BCUT2D eigenvalue weighted by Gasteiger charge is -2.27. The van der Waals surface area contributed by atoms with Gasteiger partial charge in [-0.2, -0.15) is 5.32 Å². The summed E-state index contributed by atoms with van der Waals surface area (Å²) in [7, 11) is 0. The fraction of sp³-hybridized carbons (Fsp3) is 0.333. The molecule has 4 rings (SSSR count). The second-order valence-corrected chi connectivity index (χ2v) is 7.79. The number of carbonyl (C=O) groups excluding carboxylic acids is 2. The second kappa shape index (κ2) is 7.15. The number of fused-ring (bicyclic) bond motifs is 1. The Hall–Kier alpha value is -2.68. The Balaban J connectivity index is 1.69. The van der Waals surface area contributed by atoms with Gasteiger partial charge in [0, 0.05) is 5.25 Å². The zero-order valence-corrected chi connectivity index (χ0v) is 15.2. The number of amides is 2. The zero-order chi connectivity index (χ0) is 19.0. The van der Waals surface area contributed by atoms with E-state index in [1.807, 2.05) is 0 Å². The number of hydrogen-bond acceptors (Lipinski definition) is 6. The maximum absolute atomic E-state index is 13.2. The Kier molecular flexibility index (Phi) is 4.69. The quantitative estimate of drug-likeness (QED) is 0.640. The maximum atomic E-state index is 13.2. The van der Waals surface area contributed by atoms with Crippen molar-refractivity contribution in [3.63, 3.8) is 0 Å². The van der Waals surface area contributed by atoms with Crippen molar-refractivity contribution in [2.45, 2.75) is 42.6 Å². The van der Waals surface area contributed by atoms with Crippen LogP contribution in [0.3, 0.4) is 0 Å². The summed E-state index contributed by atoms with van der Waals surface area (Å²) >= 11 is 1.53. The van der Waals surface area contributed by atoms with Crippen molar-refractivity contribution in [2.75, 3.05) is 10.6 Å². The van der Waals surface area contributed by atoms with Gasteiger partial charge in [0.1, 0.15) is 5.82 Å². The fourth-order valence-electron chi connectivity index (χ4n) is 3.22. The Morgan fingerprint density at radius 2 is 1.85 bits per heavy atom. The molecule has 139 valence electrons. The topological polar surface area (TPSA) is 103 Å². The zero-order valence-electron chi connectivity index (χ0n) is 14.4. The number of nitrogen functional groups attached to an aromatic ring is 1. The molecule has 2 aliphatic rings. The third kappa shape index (κ3) is 3.59. The molecule has 1 aromatic carbocycles. The standard InChI is InChI=1S/C18H17FN5O2S/c19-11-7-5-10(6-8-11)9-24-15-13(21-16(25)17(24)26)14(20)22-18(23-15)27-12-3-1-2-4-12/h5-8,12H,1-4,9H2,(H2,20,22,23). The van der Waals surface area contributed by atoms with Crippen molar-refractivity contribution < 1.29 is 14.0 Å². The van der Waals surface area contributed by atoms with Gasteiger partial charge in [0.2, 0.25) is 0 Å². The van der Waals surface area contributed by atoms with Gasteiger partial charge in [-0.25, -0.2) is 14.4 Å². The largest absolute Gasteiger partial charge is 0.382 e. The molecule has 9 heteroatoms. The molecule has 0 bridgehead atoms. The number of carbonyl (C=O) groups is 2. The number of anilines is 2. The van der Waals surface area contributed by atoms with Gasteiger partial charge in [-0.1, -0.05) is 36.7 Å². The van der Waals surface area contributed by atoms with Crippen molar-refractivity contribution in [2.24, 2.45) is 0 Å². The third-order valence-corrected chi connectivity index (χ3v) is 5.80. The molecule has 1 aliphatic heterocycles. The highest BCUT2D eigenvalue weighted by Gasteiger charge is 2.36. The van der Waals surface area contributed by atoms with Crippen LogP contribution < -0.4 is 16.0 Å². The van der Waals surface area contributed by atoms with Gasteiger partial charge in [0.15, 0.2) is 22.5 Å². The van der Waals surface area contributed by atoms with Gasteiger partial charge in [-0.15, -0.1) is 0 Å². The van der Waals surface area contributed by atoms with Crippen LogP contribution in [-0.2, 0) is 16.1 Å². The molecule has 1 fully saturated rings. The van der Waals surface area contributed by atoms with Crippen LogP contribution in [-0.4, -0.2) is 27.0 Å². The molecule has 0 atom stereocenters. The average molecular weight is 386 g/mol. The van der Waals surface area contributed by atoms with Crippen molar-refractivity contribution >= 4 is 40.9 Å². The summed E-state index contributed by atoms with van der Waals surface area (Å²) in [6, 6.07) is 5.70. The van der Waals surface area contributed by atoms with E-state index < -0.39 is 11.8 Å². The van der Waals surface area contributed by atoms with E-state index in [0.29, 0.717) is 16.0 Å². The molecule has 2 N–H and O–H groups in total. The molecular formula is C18H17FN5O2S. The van der Waals surface area contributed by atoms with Crippen molar-refractivity contribution in [1.82, 2.24) is 15.3 Å². The number of thioether (sulfide) groups is 1. The van der Waals surface area contributed by atoms with Gasteiger partial charge in [-0.05, 0) is 30.5 Å². The minimum absolute atomic E-state index is 0.0668. The molecule has 0 saturated heterocycles. The van der Waals surface area contributed by atoms with Crippen LogP contribution in [0.1, 0.15) is 31.2 Å². The minimum atomic E-state index is -0.920. The first-order chi connectivity index (χ1) is 13.0. The molecule has 7 nitrogen and oxygen atoms in total. The highest BCUT2D eigenvalue weighted by Crippen LogP contribution is 2.38. The first-order valence-corrected chi connectivity index (χ1v) is 9.55. The summed E-state index contributed by atoms with van der Waals surface area (Å²) in [6.07, 6.45) is 4.53. The molecule has 1 saturated carbocycles. The van der Waals surface area contributed by atoms with E-state index in [4.69, 9.17) is 5.73 Å². The number of nitrogens with two attached hydrogens (primary N) is 1.